The maximum Gasteiger partial charge on any atom is 0.422 e. The molecule has 1 saturated heterocycles. The van der Waals surface area contributed by atoms with Gasteiger partial charge in [-0.25, -0.2) is 4.79 Å². The maximum absolute atomic E-state index is 12.7. The molecule has 2 heterocycles. The van der Waals surface area contributed by atoms with Crippen molar-refractivity contribution in [3.8, 4) is 11.5 Å². The fourth-order valence-corrected chi connectivity index (χ4v) is 4.59. The molecule has 2 aromatic carbocycles. The van der Waals surface area contributed by atoms with E-state index >= 15 is 0 Å². The molecule has 9 heteroatoms. The number of carbonyl (C=O) groups excluding carboxylic acids is 1. The summed E-state index contributed by atoms with van der Waals surface area (Å²) in [5.74, 6) is 1.15. The Morgan fingerprint density at radius 3 is 2.56 bits per heavy atom. The average molecular weight is 469 g/mol. The van der Waals surface area contributed by atoms with Crippen LogP contribution < -0.4 is 14.8 Å². The SMILES string of the molecule is CC1CC2(CCN(C(=O)Nc3ccc(OCC(F)(F)F)cc3)CC2)Oc2c(Cl)cccc21. The van der Waals surface area contributed by atoms with Crippen LogP contribution in [0.2, 0.25) is 5.02 Å². The summed E-state index contributed by atoms with van der Waals surface area (Å²) in [4.78, 5) is 14.4. The van der Waals surface area contributed by atoms with Gasteiger partial charge >= 0.3 is 12.2 Å². The Bertz CT molecular complexity index is 973. The smallest absolute Gasteiger partial charge is 0.422 e. The number of para-hydroxylation sites is 1. The number of benzene rings is 2. The molecule has 0 aromatic heterocycles. The van der Waals surface area contributed by atoms with Crippen molar-refractivity contribution in [2.45, 2.75) is 43.9 Å². The standard InChI is InChI=1S/C23H24ClF3N2O3/c1-15-13-22(32-20-18(15)3-2-4-19(20)24)9-11-29(12-10-22)21(30)28-16-5-7-17(8-6-16)31-14-23(25,26)27/h2-8,15H,9-14H2,1H3,(H,28,30). The fraction of sp³-hybridized carbons (Fsp3) is 0.435. The second kappa shape index (κ2) is 8.73. The molecule has 5 nitrogen and oxygen atoms in total. The second-order valence-corrected chi connectivity index (χ2v) is 8.80. The van der Waals surface area contributed by atoms with Crippen LogP contribution in [0.5, 0.6) is 11.5 Å². The van der Waals surface area contributed by atoms with Crippen molar-refractivity contribution in [1.82, 2.24) is 4.90 Å². The molecule has 2 aliphatic rings. The van der Waals surface area contributed by atoms with Crippen LogP contribution in [0.3, 0.4) is 0 Å². The van der Waals surface area contributed by atoms with Gasteiger partial charge in [0.05, 0.1) is 5.02 Å². The fourth-order valence-electron chi connectivity index (χ4n) is 4.37. The van der Waals surface area contributed by atoms with Gasteiger partial charge in [-0.15, -0.1) is 0 Å². The van der Waals surface area contributed by atoms with E-state index in [1.54, 1.807) is 4.90 Å². The molecule has 2 aliphatic heterocycles. The van der Waals surface area contributed by atoms with Gasteiger partial charge < -0.3 is 19.7 Å². The molecule has 4 rings (SSSR count). The number of hydrogen-bond acceptors (Lipinski definition) is 3. The lowest BCUT2D eigenvalue weighted by molar-refractivity contribution is -0.153. The zero-order valence-corrected chi connectivity index (χ0v) is 18.3. The number of fused-ring (bicyclic) bond motifs is 1. The Balaban J connectivity index is 1.33. The summed E-state index contributed by atoms with van der Waals surface area (Å²) < 4.78 is 47.8. The Morgan fingerprint density at radius 2 is 1.91 bits per heavy atom. The van der Waals surface area contributed by atoms with Crippen LogP contribution in [0.25, 0.3) is 0 Å². The van der Waals surface area contributed by atoms with Crippen LogP contribution in [0.4, 0.5) is 23.7 Å². The summed E-state index contributed by atoms with van der Waals surface area (Å²) in [7, 11) is 0. The molecule has 32 heavy (non-hydrogen) atoms. The van der Waals surface area contributed by atoms with Gasteiger partial charge in [-0.1, -0.05) is 30.7 Å². The molecule has 0 bridgehead atoms. The number of nitrogens with one attached hydrogen (secondary N) is 1. The first-order chi connectivity index (χ1) is 15.1. The van der Waals surface area contributed by atoms with Crippen LogP contribution in [-0.4, -0.2) is 42.4 Å². The number of piperidine rings is 1. The minimum absolute atomic E-state index is 0.0859. The molecule has 0 saturated carbocycles. The Hall–Kier alpha value is -2.61. The third-order valence-electron chi connectivity index (χ3n) is 6.00. The van der Waals surface area contributed by atoms with Crippen molar-refractivity contribution in [3.05, 3.63) is 53.1 Å². The second-order valence-electron chi connectivity index (χ2n) is 8.39. The van der Waals surface area contributed by atoms with Crippen molar-refractivity contribution in [2.75, 3.05) is 25.0 Å². The molecule has 1 unspecified atom stereocenters. The molecule has 2 amide bonds. The van der Waals surface area contributed by atoms with E-state index in [-0.39, 0.29) is 17.4 Å². The summed E-state index contributed by atoms with van der Waals surface area (Å²) in [6, 6.07) is 11.4. The Morgan fingerprint density at radius 1 is 1.22 bits per heavy atom. The van der Waals surface area contributed by atoms with Gasteiger partial charge in [0.15, 0.2) is 6.61 Å². The molecule has 1 fully saturated rings. The average Bonchev–Trinajstić information content (AvgIpc) is 2.74. The molecular weight excluding hydrogens is 445 g/mol. The first-order valence-electron chi connectivity index (χ1n) is 10.5. The highest BCUT2D eigenvalue weighted by molar-refractivity contribution is 6.32. The van der Waals surface area contributed by atoms with Crippen molar-refractivity contribution in [3.63, 3.8) is 0 Å². The minimum atomic E-state index is -4.40. The highest BCUT2D eigenvalue weighted by Gasteiger charge is 2.43. The first-order valence-corrected chi connectivity index (χ1v) is 10.8. The summed E-state index contributed by atoms with van der Waals surface area (Å²) in [6.07, 6.45) is -2.14. The van der Waals surface area contributed by atoms with Crippen molar-refractivity contribution in [1.29, 1.82) is 0 Å². The predicted octanol–water partition coefficient (Wildman–Crippen LogP) is 6.23. The number of alkyl halides is 3. The quantitative estimate of drug-likeness (QED) is 0.580. The van der Waals surface area contributed by atoms with Gasteiger partial charge in [0.2, 0.25) is 0 Å². The highest BCUT2D eigenvalue weighted by atomic mass is 35.5. The number of amides is 2. The Kier molecular flexibility index (Phi) is 6.16. The lowest BCUT2D eigenvalue weighted by Crippen LogP contribution is -2.52. The normalized spacial score (nSPS) is 19.8. The lowest BCUT2D eigenvalue weighted by atomic mass is 9.78. The van der Waals surface area contributed by atoms with E-state index in [2.05, 4.69) is 17.0 Å². The van der Waals surface area contributed by atoms with E-state index in [1.165, 1.54) is 24.3 Å². The van der Waals surface area contributed by atoms with E-state index in [9.17, 15) is 18.0 Å². The minimum Gasteiger partial charge on any atom is -0.485 e. The van der Waals surface area contributed by atoms with Crippen LogP contribution in [0.1, 0.15) is 37.7 Å². The van der Waals surface area contributed by atoms with Gasteiger partial charge in [0.1, 0.15) is 17.1 Å². The molecular formula is C23H24ClF3N2O3. The zero-order chi connectivity index (χ0) is 22.9. The van der Waals surface area contributed by atoms with Crippen molar-refractivity contribution < 1.29 is 27.4 Å². The van der Waals surface area contributed by atoms with E-state index in [1.807, 2.05) is 18.2 Å². The monoisotopic (exact) mass is 468 g/mol. The summed E-state index contributed by atoms with van der Waals surface area (Å²) in [5.41, 5.74) is 1.26. The number of halogens is 4. The highest BCUT2D eigenvalue weighted by Crippen LogP contribution is 2.47. The Labute approximate surface area is 189 Å². The zero-order valence-electron chi connectivity index (χ0n) is 17.5. The van der Waals surface area contributed by atoms with Crippen LogP contribution in [-0.2, 0) is 0 Å². The molecule has 1 N–H and O–H groups in total. The first kappa shape index (κ1) is 22.6. The van der Waals surface area contributed by atoms with E-state index < -0.39 is 12.8 Å². The number of ether oxygens (including phenoxy) is 2. The van der Waals surface area contributed by atoms with Crippen LogP contribution in [0.15, 0.2) is 42.5 Å². The van der Waals surface area contributed by atoms with Gasteiger partial charge in [-0.3, -0.25) is 0 Å². The van der Waals surface area contributed by atoms with Crippen LogP contribution in [0, 0.1) is 0 Å². The van der Waals surface area contributed by atoms with Crippen molar-refractivity contribution in [2.24, 2.45) is 0 Å². The number of likely N-dealkylation sites (tertiary alicyclic amines) is 1. The predicted molar refractivity (Wildman–Crippen MR) is 116 cm³/mol. The molecule has 0 radical (unpaired) electrons. The maximum atomic E-state index is 12.7. The third kappa shape index (κ3) is 5.06. The number of urea groups is 1. The van der Waals surface area contributed by atoms with Gasteiger partial charge in [0.25, 0.3) is 0 Å². The van der Waals surface area contributed by atoms with Crippen LogP contribution >= 0.6 is 11.6 Å². The summed E-state index contributed by atoms with van der Waals surface area (Å²) in [6.45, 7) is 1.88. The number of anilines is 1. The molecule has 2 aromatic rings. The van der Waals surface area contributed by atoms with Gasteiger partial charge in [-0.2, -0.15) is 13.2 Å². The molecule has 1 spiro atoms. The van der Waals surface area contributed by atoms with E-state index in [4.69, 9.17) is 16.3 Å². The third-order valence-corrected chi connectivity index (χ3v) is 6.29. The number of rotatable bonds is 3. The number of carbonyl (C=O) groups is 1. The van der Waals surface area contributed by atoms with Gasteiger partial charge in [-0.05, 0) is 48.2 Å². The van der Waals surface area contributed by atoms with Gasteiger partial charge in [0, 0.05) is 31.6 Å². The van der Waals surface area contributed by atoms with E-state index in [0.29, 0.717) is 42.6 Å². The molecule has 1 atom stereocenters. The topological polar surface area (TPSA) is 50.8 Å². The lowest BCUT2D eigenvalue weighted by Gasteiger charge is -2.46. The molecule has 172 valence electrons. The van der Waals surface area contributed by atoms with Crippen molar-refractivity contribution >= 4 is 23.3 Å². The summed E-state index contributed by atoms with van der Waals surface area (Å²) >= 11 is 6.37. The number of nitrogens with zero attached hydrogens (tertiary/aromatic N) is 1. The largest absolute Gasteiger partial charge is 0.485 e. The number of hydrogen-bond donors (Lipinski definition) is 1. The molecule has 0 aliphatic carbocycles. The van der Waals surface area contributed by atoms with E-state index in [0.717, 1.165) is 17.7 Å². The summed E-state index contributed by atoms with van der Waals surface area (Å²) in [5, 5.41) is 3.39.